The third-order valence-electron chi connectivity index (χ3n) is 7.31. The van der Waals surface area contributed by atoms with Crippen LogP contribution >= 0.6 is 11.6 Å². The van der Waals surface area contributed by atoms with Crippen LogP contribution in [0.15, 0.2) is 42.5 Å². The first-order valence-electron chi connectivity index (χ1n) is 12.5. The number of nitriles is 1. The lowest BCUT2D eigenvalue weighted by Gasteiger charge is -2.38. The van der Waals surface area contributed by atoms with E-state index in [0.717, 1.165) is 49.9 Å². The van der Waals surface area contributed by atoms with Crippen molar-refractivity contribution in [2.45, 2.75) is 56.3 Å². The van der Waals surface area contributed by atoms with Crippen LogP contribution in [-0.4, -0.2) is 59.3 Å². The number of carbonyl (C=O) groups is 1. The van der Waals surface area contributed by atoms with Crippen LogP contribution in [0.25, 0.3) is 0 Å². The maximum Gasteiger partial charge on any atom is 0.417 e. The predicted octanol–water partition coefficient (Wildman–Crippen LogP) is 5.86. The number of amides is 2. The number of aliphatic hydroxyl groups is 1. The molecule has 1 saturated carbocycles. The van der Waals surface area contributed by atoms with Gasteiger partial charge in [-0.1, -0.05) is 23.7 Å². The summed E-state index contributed by atoms with van der Waals surface area (Å²) in [5.74, 6) is 0.286. The highest BCUT2D eigenvalue weighted by molar-refractivity contribution is 6.31. The van der Waals surface area contributed by atoms with Crippen LogP contribution in [0.5, 0.6) is 0 Å². The number of β-amino-alcohol motifs (C(OH)–C–C–N with tert-alkyl or cyclic N) is 1. The Labute approximate surface area is 219 Å². The van der Waals surface area contributed by atoms with E-state index in [1.54, 1.807) is 11.0 Å². The smallest absolute Gasteiger partial charge is 0.392 e. The fraction of sp³-hybridized carbons (Fsp3) is 0.481. The number of halogens is 4. The Balaban J connectivity index is 1.46. The molecule has 0 unspecified atom stereocenters. The van der Waals surface area contributed by atoms with Gasteiger partial charge in [0.2, 0.25) is 0 Å². The van der Waals surface area contributed by atoms with Crippen LogP contribution in [0.4, 0.5) is 23.7 Å². The van der Waals surface area contributed by atoms with Gasteiger partial charge in [-0.2, -0.15) is 18.4 Å². The van der Waals surface area contributed by atoms with Gasteiger partial charge in [-0.05, 0) is 73.9 Å². The van der Waals surface area contributed by atoms with Gasteiger partial charge in [-0.3, -0.25) is 4.90 Å². The number of nitrogens with one attached hydrogen (secondary N) is 1. The maximum atomic E-state index is 13.4. The number of aliphatic hydroxyl groups excluding tert-OH is 1. The van der Waals surface area contributed by atoms with Gasteiger partial charge in [-0.15, -0.1) is 0 Å². The quantitative estimate of drug-likeness (QED) is 0.487. The molecule has 2 aliphatic rings. The van der Waals surface area contributed by atoms with Gasteiger partial charge in [0.1, 0.15) is 0 Å². The SMILES string of the molecule is N#Cc1cccc(C2CCC(N(CCN3CC[C@@H](O)C3)C(=O)Nc3ccc(Cl)c(C(F)(F)F)c3)CC2)c1. The number of likely N-dealkylation sites (tertiary alicyclic amines) is 1. The van der Waals surface area contributed by atoms with E-state index < -0.39 is 22.8 Å². The first-order chi connectivity index (χ1) is 17.6. The zero-order valence-corrected chi connectivity index (χ0v) is 21.1. The molecule has 1 atom stereocenters. The summed E-state index contributed by atoms with van der Waals surface area (Å²) in [4.78, 5) is 17.2. The molecule has 2 N–H and O–H groups in total. The van der Waals surface area contributed by atoms with Crippen molar-refractivity contribution in [1.29, 1.82) is 5.26 Å². The molecule has 1 aliphatic heterocycles. The average Bonchev–Trinajstić information content (AvgIpc) is 3.30. The molecule has 1 saturated heterocycles. The molecule has 2 aromatic rings. The van der Waals surface area contributed by atoms with Crippen molar-refractivity contribution in [2.75, 3.05) is 31.5 Å². The summed E-state index contributed by atoms with van der Waals surface area (Å²) in [5, 5.41) is 21.3. The van der Waals surface area contributed by atoms with Crippen LogP contribution in [-0.2, 0) is 6.18 Å². The second kappa shape index (κ2) is 11.7. The molecule has 4 rings (SSSR count). The first kappa shape index (κ1) is 27.2. The second-order valence-corrected chi connectivity index (χ2v) is 10.2. The zero-order chi connectivity index (χ0) is 26.6. The number of urea groups is 1. The Morgan fingerprint density at radius 3 is 2.57 bits per heavy atom. The summed E-state index contributed by atoms with van der Waals surface area (Å²) in [7, 11) is 0. The molecule has 2 fully saturated rings. The van der Waals surface area contributed by atoms with Crippen molar-refractivity contribution in [3.8, 4) is 6.07 Å². The Hall–Kier alpha value is -2.80. The van der Waals surface area contributed by atoms with Gasteiger partial charge in [0, 0.05) is 37.9 Å². The van der Waals surface area contributed by atoms with Crippen LogP contribution in [0, 0.1) is 11.3 Å². The van der Waals surface area contributed by atoms with E-state index >= 15 is 0 Å². The van der Waals surface area contributed by atoms with E-state index in [1.165, 1.54) is 6.07 Å². The van der Waals surface area contributed by atoms with Crippen molar-refractivity contribution in [3.63, 3.8) is 0 Å². The standard InChI is InChI=1S/C27H30ClF3N4O2/c28-25-9-6-21(15-24(25)27(29,30)31)33-26(37)35(13-12-34-11-10-23(36)17-34)22-7-4-19(5-8-22)20-3-1-2-18(14-20)16-32/h1-3,6,9,14-15,19,22-23,36H,4-5,7-8,10-13,17H2,(H,33,37)/t19?,22?,23-/m1/s1. The summed E-state index contributed by atoms with van der Waals surface area (Å²) in [5.41, 5.74) is 0.769. The van der Waals surface area contributed by atoms with E-state index in [0.29, 0.717) is 31.6 Å². The fourth-order valence-corrected chi connectivity index (χ4v) is 5.54. The summed E-state index contributed by atoms with van der Waals surface area (Å²) >= 11 is 5.73. The van der Waals surface area contributed by atoms with Crippen molar-refractivity contribution in [1.82, 2.24) is 9.80 Å². The third kappa shape index (κ3) is 6.95. The Morgan fingerprint density at radius 2 is 1.92 bits per heavy atom. The summed E-state index contributed by atoms with van der Waals surface area (Å²) < 4.78 is 39.9. The summed E-state index contributed by atoms with van der Waals surface area (Å²) in [6.45, 7) is 2.26. The molecule has 0 aromatic heterocycles. The van der Waals surface area contributed by atoms with Gasteiger partial charge < -0.3 is 15.3 Å². The normalized spacial score (nSPS) is 22.4. The molecule has 1 aliphatic carbocycles. The Bertz CT molecular complexity index is 1150. The molecule has 2 aromatic carbocycles. The van der Waals surface area contributed by atoms with E-state index in [9.17, 15) is 28.3 Å². The van der Waals surface area contributed by atoms with Gasteiger partial charge in [0.05, 0.1) is 28.3 Å². The topological polar surface area (TPSA) is 79.6 Å². The lowest BCUT2D eigenvalue weighted by Crippen LogP contribution is -2.47. The van der Waals surface area contributed by atoms with Gasteiger partial charge in [-0.25, -0.2) is 4.79 Å². The lowest BCUT2D eigenvalue weighted by molar-refractivity contribution is -0.137. The number of nitrogens with zero attached hydrogens (tertiary/aromatic N) is 3. The molecule has 198 valence electrons. The first-order valence-corrected chi connectivity index (χ1v) is 12.9. The average molecular weight is 535 g/mol. The molecule has 0 spiro atoms. The predicted molar refractivity (Wildman–Crippen MR) is 135 cm³/mol. The van der Waals surface area contributed by atoms with E-state index in [4.69, 9.17) is 11.6 Å². The van der Waals surface area contributed by atoms with Crippen molar-refractivity contribution in [2.24, 2.45) is 0 Å². The number of carbonyl (C=O) groups excluding carboxylic acids is 1. The number of hydrogen-bond acceptors (Lipinski definition) is 4. The van der Waals surface area contributed by atoms with E-state index in [1.807, 2.05) is 18.2 Å². The summed E-state index contributed by atoms with van der Waals surface area (Å²) in [6.07, 6.45) is -1.16. The molecule has 6 nitrogen and oxygen atoms in total. The zero-order valence-electron chi connectivity index (χ0n) is 20.3. The minimum absolute atomic E-state index is 0.0327. The third-order valence-corrected chi connectivity index (χ3v) is 7.64. The fourth-order valence-electron chi connectivity index (χ4n) is 5.31. The van der Waals surface area contributed by atoms with E-state index in [2.05, 4.69) is 16.3 Å². The van der Waals surface area contributed by atoms with Gasteiger partial charge in [0.25, 0.3) is 0 Å². The van der Waals surface area contributed by atoms with Crippen LogP contribution in [0.1, 0.15) is 54.7 Å². The van der Waals surface area contributed by atoms with Crippen LogP contribution in [0.3, 0.4) is 0 Å². The van der Waals surface area contributed by atoms with Crippen molar-refractivity contribution < 1.29 is 23.1 Å². The Kier molecular flexibility index (Phi) is 8.63. The molecule has 0 radical (unpaired) electrons. The van der Waals surface area contributed by atoms with Crippen LogP contribution in [0.2, 0.25) is 5.02 Å². The number of benzene rings is 2. The number of alkyl halides is 3. The molecule has 37 heavy (non-hydrogen) atoms. The highest BCUT2D eigenvalue weighted by atomic mass is 35.5. The molecular weight excluding hydrogens is 505 g/mol. The number of hydrogen-bond donors (Lipinski definition) is 2. The molecule has 10 heteroatoms. The van der Waals surface area contributed by atoms with E-state index in [-0.39, 0.29) is 23.8 Å². The monoisotopic (exact) mass is 534 g/mol. The van der Waals surface area contributed by atoms with Gasteiger partial charge in [0.15, 0.2) is 0 Å². The molecule has 2 amide bonds. The lowest BCUT2D eigenvalue weighted by atomic mass is 9.81. The maximum absolute atomic E-state index is 13.4. The summed E-state index contributed by atoms with van der Waals surface area (Å²) in [6, 6.07) is 12.6. The Morgan fingerprint density at radius 1 is 1.16 bits per heavy atom. The highest BCUT2D eigenvalue weighted by Gasteiger charge is 2.34. The minimum atomic E-state index is -4.63. The largest absolute Gasteiger partial charge is 0.417 e. The molecule has 1 heterocycles. The minimum Gasteiger partial charge on any atom is -0.392 e. The second-order valence-electron chi connectivity index (χ2n) is 9.80. The molecular formula is C27H30ClF3N4O2. The van der Waals surface area contributed by atoms with Crippen molar-refractivity contribution >= 4 is 23.3 Å². The molecule has 0 bridgehead atoms. The van der Waals surface area contributed by atoms with Crippen LogP contribution < -0.4 is 5.32 Å². The van der Waals surface area contributed by atoms with Gasteiger partial charge >= 0.3 is 12.2 Å². The number of anilines is 1. The van der Waals surface area contributed by atoms with Crippen molar-refractivity contribution in [3.05, 3.63) is 64.2 Å². The number of rotatable bonds is 6. The highest BCUT2D eigenvalue weighted by Crippen LogP contribution is 2.37.